The molecule has 0 spiro atoms. The molecule has 0 N–H and O–H groups in total. The van der Waals surface area contributed by atoms with Crippen LogP contribution in [0.2, 0.25) is 0 Å². The second-order valence-corrected chi connectivity index (χ2v) is 3.84. The molecule has 0 saturated carbocycles. The summed E-state index contributed by atoms with van der Waals surface area (Å²) < 4.78 is 24.0. The van der Waals surface area contributed by atoms with E-state index in [1.807, 2.05) is 12.1 Å². The molecule has 18 heavy (non-hydrogen) atoms. The molecule has 0 fully saturated rings. The largest absolute Gasteiger partial charge is 0.497 e. The van der Waals surface area contributed by atoms with E-state index in [4.69, 9.17) is 9.15 Å². The molecular formula is C14H10FNO2. The van der Waals surface area contributed by atoms with Crippen molar-refractivity contribution in [1.29, 1.82) is 0 Å². The number of nitrogens with zero attached hydrogens (tertiary/aromatic N) is 1. The number of hydrogen-bond donors (Lipinski definition) is 0. The fraction of sp³-hybridized carbons (Fsp3) is 0.0714. The molecule has 3 aromatic rings. The molecule has 0 radical (unpaired) electrons. The van der Waals surface area contributed by atoms with Gasteiger partial charge in [-0.2, -0.15) is 0 Å². The molecule has 2 aromatic carbocycles. The van der Waals surface area contributed by atoms with Gasteiger partial charge in [-0.1, -0.05) is 6.07 Å². The number of benzene rings is 2. The third-order valence-electron chi connectivity index (χ3n) is 2.70. The van der Waals surface area contributed by atoms with Crippen LogP contribution in [-0.4, -0.2) is 12.1 Å². The highest BCUT2D eigenvalue weighted by Gasteiger charge is 2.11. The number of aromatic nitrogens is 1. The smallest absolute Gasteiger partial charge is 0.227 e. The molecule has 3 rings (SSSR count). The van der Waals surface area contributed by atoms with E-state index in [0.717, 1.165) is 11.3 Å². The van der Waals surface area contributed by atoms with Crippen LogP contribution in [0, 0.1) is 5.82 Å². The van der Waals surface area contributed by atoms with E-state index in [2.05, 4.69) is 4.98 Å². The molecule has 0 saturated heterocycles. The molecule has 4 heteroatoms. The molecule has 3 nitrogen and oxygen atoms in total. The summed E-state index contributed by atoms with van der Waals surface area (Å²) in [5.41, 5.74) is 1.48. The summed E-state index contributed by atoms with van der Waals surface area (Å²) in [5.74, 6) is 0.749. The Hall–Kier alpha value is -2.36. The van der Waals surface area contributed by atoms with Crippen molar-refractivity contribution in [1.82, 2.24) is 4.98 Å². The van der Waals surface area contributed by atoms with Crippen LogP contribution in [0.3, 0.4) is 0 Å². The van der Waals surface area contributed by atoms with Gasteiger partial charge in [0.1, 0.15) is 11.3 Å². The average molecular weight is 243 g/mol. The Labute approximate surface area is 103 Å². The predicted octanol–water partition coefficient (Wildman–Crippen LogP) is 3.64. The van der Waals surface area contributed by atoms with Crippen LogP contribution in [0.15, 0.2) is 46.9 Å². The highest BCUT2D eigenvalue weighted by Crippen LogP contribution is 2.26. The minimum atomic E-state index is -0.403. The molecule has 90 valence electrons. The number of rotatable bonds is 2. The third-order valence-corrected chi connectivity index (χ3v) is 2.70. The number of methoxy groups -OCH3 is 1. The van der Waals surface area contributed by atoms with Crippen molar-refractivity contribution in [3.8, 4) is 17.2 Å². The molecular weight excluding hydrogens is 233 g/mol. The van der Waals surface area contributed by atoms with E-state index in [0.29, 0.717) is 11.4 Å². The molecule has 0 bridgehead atoms. The quantitative estimate of drug-likeness (QED) is 0.689. The van der Waals surface area contributed by atoms with Crippen LogP contribution >= 0.6 is 0 Å². The van der Waals surface area contributed by atoms with E-state index in [1.54, 1.807) is 31.4 Å². The van der Waals surface area contributed by atoms with Crippen LogP contribution in [0.1, 0.15) is 0 Å². The van der Waals surface area contributed by atoms with Gasteiger partial charge in [0.05, 0.1) is 7.11 Å². The first kappa shape index (κ1) is 10.8. The Balaban J connectivity index is 2.10. The zero-order valence-corrected chi connectivity index (χ0v) is 9.68. The lowest BCUT2D eigenvalue weighted by molar-refractivity contribution is 0.415. The lowest BCUT2D eigenvalue weighted by Gasteiger charge is -1.99. The first-order valence-electron chi connectivity index (χ1n) is 5.47. The molecule has 1 aromatic heterocycles. The van der Waals surface area contributed by atoms with Crippen molar-refractivity contribution in [3.63, 3.8) is 0 Å². The van der Waals surface area contributed by atoms with Crippen molar-refractivity contribution >= 4 is 11.1 Å². The SMILES string of the molecule is COc1ccc(-c2nc3cccc(F)c3o2)cc1. The van der Waals surface area contributed by atoms with E-state index in [9.17, 15) is 4.39 Å². The fourth-order valence-corrected chi connectivity index (χ4v) is 1.77. The lowest BCUT2D eigenvalue weighted by Crippen LogP contribution is -1.82. The Morgan fingerprint density at radius 3 is 2.56 bits per heavy atom. The topological polar surface area (TPSA) is 35.3 Å². The summed E-state index contributed by atoms with van der Waals surface area (Å²) in [6.45, 7) is 0. The van der Waals surface area contributed by atoms with Gasteiger partial charge < -0.3 is 9.15 Å². The van der Waals surface area contributed by atoms with Crippen molar-refractivity contribution < 1.29 is 13.5 Å². The zero-order chi connectivity index (χ0) is 12.5. The van der Waals surface area contributed by atoms with Crippen LogP contribution in [-0.2, 0) is 0 Å². The van der Waals surface area contributed by atoms with Gasteiger partial charge in [0.15, 0.2) is 11.4 Å². The molecule has 1 heterocycles. The standard InChI is InChI=1S/C14H10FNO2/c1-17-10-7-5-9(6-8-10)14-16-12-4-2-3-11(15)13(12)18-14/h2-8H,1H3. The maximum atomic E-state index is 13.5. The lowest BCUT2D eigenvalue weighted by atomic mass is 10.2. The van der Waals surface area contributed by atoms with Gasteiger partial charge in [-0.05, 0) is 36.4 Å². The monoisotopic (exact) mass is 243 g/mol. The first-order chi connectivity index (χ1) is 8.78. The van der Waals surface area contributed by atoms with Crippen LogP contribution in [0.5, 0.6) is 5.75 Å². The second-order valence-electron chi connectivity index (χ2n) is 3.84. The maximum Gasteiger partial charge on any atom is 0.227 e. The number of fused-ring (bicyclic) bond motifs is 1. The Bertz CT molecular complexity index is 689. The van der Waals surface area contributed by atoms with E-state index < -0.39 is 5.82 Å². The molecule has 0 aliphatic carbocycles. The fourth-order valence-electron chi connectivity index (χ4n) is 1.77. The molecule has 0 unspecified atom stereocenters. The molecule has 0 amide bonds. The number of oxazole rings is 1. The molecule has 0 aliphatic rings. The maximum absolute atomic E-state index is 13.5. The van der Waals surface area contributed by atoms with Gasteiger partial charge >= 0.3 is 0 Å². The van der Waals surface area contributed by atoms with Crippen LogP contribution < -0.4 is 4.74 Å². The van der Waals surface area contributed by atoms with Gasteiger partial charge in [-0.15, -0.1) is 0 Å². The summed E-state index contributed by atoms with van der Waals surface area (Å²) in [5, 5.41) is 0. The third kappa shape index (κ3) is 1.72. The summed E-state index contributed by atoms with van der Waals surface area (Å²) in [6, 6.07) is 11.9. The normalized spacial score (nSPS) is 10.8. The summed E-state index contributed by atoms with van der Waals surface area (Å²) >= 11 is 0. The minimum absolute atomic E-state index is 0.184. The van der Waals surface area contributed by atoms with Gasteiger partial charge in [0, 0.05) is 5.56 Å². The number of ether oxygens (including phenoxy) is 1. The summed E-state index contributed by atoms with van der Waals surface area (Å²) in [6.07, 6.45) is 0. The average Bonchev–Trinajstić information content (AvgIpc) is 2.84. The van der Waals surface area contributed by atoms with E-state index >= 15 is 0 Å². The second kappa shape index (κ2) is 4.14. The summed E-state index contributed by atoms with van der Waals surface area (Å²) in [7, 11) is 1.60. The van der Waals surface area contributed by atoms with E-state index in [-0.39, 0.29) is 5.58 Å². The zero-order valence-electron chi connectivity index (χ0n) is 9.68. The van der Waals surface area contributed by atoms with Crippen molar-refractivity contribution in [2.45, 2.75) is 0 Å². The molecule has 0 atom stereocenters. The number of hydrogen-bond acceptors (Lipinski definition) is 3. The van der Waals surface area contributed by atoms with Crippen molar-refractivity contribution in [3.05, 3.63) is 48.3 Å². The Morgan fingerprint density at radius 1 is 1.11 bits per heavy atom. The van der Waals surface area contributed by atoms with Gasteiger partial charge in [-0.3, -0.25) is 0 Å². The van der Waals surface area contributed by atoms with Crippen molar-refractivity contribution in [2.75, 3.05) is 7.11 Å². The van der Waals surface area contributed by atoms with Crippen molar-refractivity contribution in [2.24, 2.45) is 0 Å². The highest BCUT2D eigenvalue weighted by atomic mass is 19.1. The van der Waals surface area contributed by atoms with Crippen LogP contribution in [0.4, 0.5) is 4.39 Å². The first-order valence-corrected chi connectivity index (χ1v) is 5.47. The number of para-hydroxylation sites is 1. The van der Waals surface area contributed by atoms with Crippen LogP contribution in [0.25, 0.3) is 22.6 Å². The number of halogens is 1. The molecule has 0 aliphatic heterocycles. The predicted molar refractivity (Wildman–Crippen MR) is 66.0 cm³/mol. The summed E-state index contributed by atoms with van der Waals surface area (Å²) in [4.78, 5) is 4.25. The van der Waals surface area contributed by atoms with Gasteiger partial charge in [0.25, 0.3) is 0 Å². The Kier molecular flexibility index (Phi) is 2.48. The van der Waals surface area contributed by atoms with E-state index in [1.165, 1.54) is 6.07 Å². The van der Waals surface area contributed by atoms with Gasteiger partial charge in [0.2, 0.25) is 5.89 Å². The Morgan fingerprint density at radius 2 is 1.89 bits per heavy atom. The van der Waals surface area contributed by atoms with Gasteiger partial charge in [-0.25, -0.2) is 9.37 Å². The highest BCUT2D eigenvalue weighted by molar-refractivity contribution is 5.76. The minimum Gasteiger partial charge on any atom is -0.497 e.